The molecule has 1 aliphatic heterocycles. The van der Waals surface area contributed by atoms with Crippen LogP contribution in [0.5, 0.6) is 0 Å². The van der Waals surface area contributed by atoms with Crippen molar-refractivity contribution in [3.63, 3.8) is 0 Å². The van der Waals surface area contributed by atoms with Gasteiger partial charge in [-0.15, -0.1) is 0 Å². The Hall–Kier alpha value is -1.38. The number of nitrogens with zero attached hydrogens (tertiary/aromatic N) is 3. The van der Waals surface area contributed by atoms with Crippen LogP contribution >= 0.6 is 0 Å². The Kier molecular flexibility index (Phi) is 1.13. The number of hydrogen-bond acceptors (Lipinski definition) is 2. The minimum absolute atomic E-state index is 0.868. The van der Waals surface area contributed by atoms with Gasteiger partial charge in [-0.05, 0) is 0 Å². The van der Waals surface area contributed by atoms with Crippen LogP contribution in [0.3, 0.4) is 0 Å². The summed E-state index contributed by atoms with van der Waals surface area (Å²) in [5, 5.41) is 0. The van der Waals surface area contributed by atoms with E-state index in [0.29, 0.717) is 0 Å². The summed E-state index contributed by atoms with van der Waals surface area (Å²) >= 11 is 0. The first kappa shape index (κ1) is 5.41. The third kappa shape index (κ3) is 0.757. The number of imidazole rings is 1. The van der Waals surface area contributed by atoms with Crippen LogP contribution in [0.25, 0.3) is 0 Å². The molecule has 0 saturated carbocycles. The molecule has 0 aromatic carbocycles. The fourth-order valence-electron chi connectivity index (χ4n) is 0.936. The first-order valence-corrected chi connectivity index (χ1v) is 3.17. The lowest BCUT2D eigenvalue weighted by molar-refractivity contribution is 0.994. The molecule has 0 bridgehead atoms. The van der Waals surface area contributed by atoms with Gasteiger partial charge in [0.15, 0.2) is 0 Å². The minimum atomic E-state index is 0.868. The van der Waals surface area contributed by atoms with Gasteiger partial charge in [-0.1, -0.05) is 6.08 Å². The normalized spacial score (nSPS) is 14.8. The van der Waals surface area contributed by atoms with E-state index in [9.17, 15) is 0 Å². The van der Waals surface area contributed by atoms with Gasteiger partial charge in [0.25, 0.3) is 0 Å². The molecule has 3 nitrogen and oxygen atoms in total. The Morgan fingerprint density at radius 1 is 1.50 bits per heavy atom. The molecule has 2 rings (SSSR count). The Balaban J connectivity index is 2.50. The minimum Gasteiger partial charge on any atom is -0.294 e. The smallest absolute Gasteiger partial charge is 0.117 e. The second-order valence-corrected chi connectivity index (χ2v) is 2.10. The maximum absolute atomic E-state index is 4.14. The van der Waals surface area contributed by atoms with Crippen LogP contribution in [0.4, 0.5) is 0 Å². The van der Waals surface area contributed by atoms with Crippen LogP contribution < -0.4 is 0 Å². The fraction of sp³-hybridized carbons (Fsp3) is 0.143. The SMILES string of the molecule is C1=CN=Cn2ccnc2C1. The standard InChI is InChI=1S/C7H7N3/c1-2-7-9-4-5-10(7)6-8-3-1/h1,3-6H,2H2. The van der Waals surface area contributed by atoms with Crippen molar-refractivity contribution in [1.82, 2.24) is 9.55 Å². The Labute approximate surface area is 58.7 Å². The maximum Gasteiger partial charge on any atom is 0.117 e. The first-order valence-electron chi connectivity index (χ1n) is 3.17. The molecule has 0 radical (unpaired) electrons. The molecule has 0 spiro atoms. The molecule has 0 aliphatic carbocycles. The lowest BCUT2D eigenvalue weighted by Crippen LogP contribution is -1.97. The summed E-state index contributed by atoms with van der Waals surface area (Å²) in [7, 11) is 0. The molecule has 2 heterocycles. The van der Waals surface area contributed by atoms with Crippen molar-refractivity contribution in [1.29, 1.82) is 0 Å². The molecule has 0 saturated heterocycles. The summed E-state index contributed by atoms with van der Waals surface area (Å²) in [4.78, 5) is 8.14. The summed E-state index contributed by atoms with van der Waals surface area (Å²) in [5.74, 6) is 1.04. The zero-order chi connectivity index (χ0) is 6.81. The van der Waals surface area contributed by atoms with Gasteiger partial charge in [-0.25, -0.2) is 9.98 Å². The zero-order valence-electron chi connectivity index (χ0n) is 5.44. The average Bonchev–Trinajstić information content (AvgIpc) is 2.28. The van der Waals surface area contributed by atoms with Crippen molar-refractivity contribution >= 4 is 6.34 Å². The van der Waals surface area contributed by atoms with E-state index >= 15 is 0 Å². The van der Waals surface area contributed by atoms with Gasteiger partial charge >= 0.3 is 0 Å². The molecular weight excluding hydrogens is 126 g/mol. The number of aliphatic imine (C=N–C) groups is 1. The van der Waals surface area contributed by atoms with Gasteiger partial charge in [0.2, 0.25) is 0 Å². The molecule has 10 heavy (non-hydrogen) atoms. The second kappa shape index (κ2) is 2.10. The van der Waals surface area contributed by atoms with Crippen molar-refractivity contribution in [2.75, 3.05) is 0 Å². The lowest BCUT2D eigenvalue weighted by Gasteiger charge is -1.92. The van der Waals surface area contributed by atoms with E-state index in [1.807, 2.05) is 16.8 Å². The Morgan fingerprint density at radius 2 is 2.50 bits per heavy atom. The summed E-state index contributed by atoms with van der Waals surface area (Å²) in [6.07, 6.45) is 10.1. The molecule has 0 unspecified atom stereocenters. The van der Waals surface area contributed by atoms with Crippen LogP contribution in [-0.4, -0.2) is 15.9 Å². The summed E-state index contributed by atoms with van der Waals surface area (Å²) < 4.78 is 1.92. The maximum atomic E-state index is 4.14. The van der Waals surface area contributed by atoms with Crippen molar-refractivity contribution in [3.05, 3.63) is 30.5 Å². The molecular formula is C7H7N3. The van der Waals surface area contributed by atoms with Gasteiger partial charge in [-0.3, -0.25) is 4.57 Å². The number of rotatable bonds is 0. The third-order valence-electron chi connectivity index (χ3n) is 1.43. The van der Waals surface area contributed by atoms with Crippen molar-refractivity contribution < 1.29 is 0 Å². The van der Waals surface area contributed by atoms with Crippen molar-refractivity contribution in [2.24, 2.45) is 4.99 Å². The predicted octanol–water partition coefficient (Wildman–Crippen LogP) is 0.829. The van der Waals surface area contributed by atoms with Crippen LogP contribution in [0.15, 0.2) is 29.7 Å². The first-order chi connectivity index (χ1) is 4.97. The van der Waals surface area contributed by atoms with Crippen molar-refractivity contribution in [2.45, 2.75) is 6.42 Å². The highest BCUT2D eigenvalue weighted by Crippen LogP contribution is 1.99. The van der Waals surface area contributed by atoms with E-state index < -0.39 is 0 Å². The molecule has 3 heteroatoms. The van der Waals surface area contributed by atoms with E-state index in [2.05, 4.69) is 9.98 Å². The van der Waals surface area contributed by atoms with Crippen molar-refractivity contribution in [3.8, 4) is 0 Å². The molecule has 1 aromatic heterocycles. The molecule has 0 fully saturated rings. The monoisotopic (exact) mass is 133 g/mol. The van der Waals surface area contributed by atoms with E-state index in [1.54, 1.807) is 18.7 Å². The highest BCUT2D eigenvalue weighted by molar-refractivity contribution is 5.60. The number of fused-ring (bicyclic) bond motifs is 1. The van der Waals surface area contributed by atoms with E-state index in [-0.39, 0.29) is 0 Å². The second-order valence-electron chi connectivity index (χ2n) is 2.10. The van der Waals surface area contributed by atoms with Gasteiger partial charge in [0.05, 0.1) is 6.34 Å². The van der Waals surface area contributed by atoms with Gasteiger partial charge in [-0.2, -0.15) is 0 Å². The number of hydrogen-bond donors (Lipinski definition) is 0. The van der Waals surface area contributed by atoms with Crippen LogP contribution in [0.1, 0.15) is 5.82 Å². The topological polar surface area (TPSA) is 30.2 Å². The molecule has 1 aromatic rings. The predicted molar refractivity (Wildman–Crippen MR) is 39.0 cm³/mol. The molecule has 0 amide bonds. The summed E-state index contributed by atoms with van der Waals surface area (Å²) in [6.45, 7) is 0. The zero-order valence-corrected chi connectivity index (χ0v) is 5.44. The quantitative estimate of drug-likeness (QED) is 0.515. The number of allylic oxidation sites excluding steroid dienone is 1. The largest absolute Gasteiger partial charge is 0.294 e. The van der Waals surface area contributed by atoms with Gasteiger partial charge in [0.1, 0.15) is 5.82 Å². The van der Waals surface area contributed by atoms with Crippen LogP contribution in [-0.2, 0) is 6.42 Å². The molecule has 50 valence electrons. The number of aromatic nitrogens is 2. The lowest BCUT2D eigenvalue weighted by atomic mass is 10.4. The van der Waals surface area contributed by atoms with Gasteiger partial charge < -0.3 is 0 Å². The Bertz CT molecular complexity index is 283. The van der Waals surface area contributed by atoms with E-state index in [1.165, 1.54) is 0 Å². The summed E-state index contributed by atoms with van der Waals surface area (Å²) in [6, 6.07) is 0. The summed E-state index contributed by atoms with van der Waals surface area (Å²) in [5.41, 5.74) is 0. The fourth-order valence-corrected chi connectivity index (χ4v) is 0.936. The third-order valence-corrected chi connectivity index (χ3v) is 1.43. The highest BCUT2D eigenvalue weighted by atomic mass is 15.1. The van der Waals surface area contributed by atoms with E-state index in [4.69, 9.17) is 0 Å². The molecule has 0 N–H and O–H groups in total. The molecule has 1 aliphatic rings. The molecule has 0 atom stereocenters. The van der Waals surface area contributed by atoms with Crippen LogP contribution in [0.2, 0.25) is 0 Å². The van der Waals surface area contributed by atoms with E-state index in [0.717, 1.165) is 12.2 Å². The Morgan fingerprint density at radius 3 is 3.50 bits per heavy atom. The van der Waals surface area contributed by atoms with Crippen LogP contribution in [0, 0.1) is 0 Å². The highest BCUT2D eigenvalue weighted by Gasteiger charge is 1.98. The van der Waals surface area contributed by atoms with Gasteiger partial charge in [0, 0.05) is 25.0 Å². The average molecular weight is 133 g/mol.